The molecule has 0 bridgehead atoms. The van der Waals surface area contributed by atoms with Crippen molar-refractivity contribution in [3.8, 4) is 0 Å². The monoisotopic (exact) mass is 417 g/mol. The van der Waals surface area contributed by atoms with Gasteiger partial charge in [-0.2, -0.15) is 0 Å². The highest BCUT2D eigenvalue weighted by atomic mass is 16.2. The molecule has 0 spiro atoms. The van der Waals surface area contributed by atoms with Crippen molar-refractivity contribution in [3.05, 3.63) is 0 Å². The average Bonchev–Trinajstić information content (AvgIpc) is 2.96. The molecular formula is C25H43N3O2. The molecule has 3 saturated carbocycles. The van der Waals surface area contributed by atoms with Gasteiger partial charge in [0.2, 0.25) is 0 Å². The fraction of sp³-hybridized carbons (Fsp3) is 0.920. The Morgan fingerprint density at radius 3 is 1.73 bits per heavy atom. The molecular weight excluding hydrogens is 374 g/mol. The summed E-state index contributed by atoms with van der Waals surface area (Å²) in [6.45, 7) is 2.51. The van der Waals surface area contributed by atoms with Gasteiger partial charge in [0.25, 0.3) is 5.91 Å². The van der Waals surface area contributed by atoms with E-state index in [-0.39, 0.29) is 17.9 Å². The van der Waals surface area contributed by atoms with E-state index in [1.807, 2.05) is 6.92 Å². The maximum atomic E-state index is 13.7. The van der Waals surface area contributed by atoms with Crippen LogP contribution in [-0.2, 0) is 4.79 Å². The van der Waals surface area contributed by atoms with Crippen molar-refractivity contribution >= 4 is 11.9 Å². The minimum absolute atomic E-state index is 0.0368. The first-order valence-corrected chi connectivity index (χ1v) is 13.0. The number of carbonyl (C=O) groups excluding carboxylic acids is 2. The molecule has 30 heavy (non-hydrogen) atoms. The highest BCUT2D eigenvalue weighted by Gasteiger charge is 2.52. The van der Waals surface area contributed by atoms with E-state index < -0.39 is 5.54 Å². The van der Waals surface area contributed by atoms with Gasteiger partial charge < -0.3 is 5.32 Å². The molecule has 3 aliphatic carbocycles. The number of urea groups is 1. The summed E-state index contributed by atoms with van der Waals surface area (Å²) in [4.78, 5) is 30.9. The minimum Gasteiger partial charge on any atom is -0.323 e. The van der Waals surface area contributed by atoms with Crippen LogP contribution in [0.1, 0.15) is 116 Å². The van der Waals surface area contributed by atoms with Crippen molar-refractivity contribution in [3.63, 3.8) is 0 Å². The summed E-state index contributed by atoms with van der Waals surface area (Å²) >= 11 is 0. The third-order valence-corrected chi connectivity index (χ3v) is 8.61. The Morgan fingerprint density at radius 1 is 0.767 bits per heavy atom. The molecule has 0 aromatic carbocycles. The van der Waals surface area contributed by atoms with E-state index in [0.29, 0.717) is 18.8 Å². The lowest BCUT2D eigenvalue weighted by Crippen LogP contribution is -2.53. The van der Waals surface area contributed by atoms with Gasteiger partial charge in [0.05, 0.1) is 6.67 Å². The number of imide groups is 1. The summed E-state index contributed by atoms with van der Waals surface area (Å²) in [5, 5.41) is 3.17. The molecule has 1 saturated heterocycles. The molecule has 4 rings (SSSR count). The summed E-state index contributed by atoms with van der Waals surface area (Å²) in [6.07, 6.45) is 21.0. The summed E-state index contributed by atoms with van der Waals surface area (Å²) in [5.74, 6) is 0.312. The van der Waals surface area contributed by atoms with E-state index in [4.69, 9.17) is 0 Å². The van der Waals surface area contributed by atoms with Crippen LogP contribution < -0.4 is 5.32 Å². The first kappa shape index (κ1) is 22.1. The van der Waals surface area contributed by atoms with Crippen molar-refractivity contribution in [1.82, 2.24) is 15.1 Å². The quantitative estimate of drug-likeness (QED) is 0.594. The number of hydrogen-bond acceptors (Lipinski definition) is 3. The topological polar surface area (TPSA) is 52.7 Å². The molecule has 3 amide bonds. The summed E-state index contributed by atoms with van der Waals surface area (Å²) in [7, 11) is 0. The first-order chi connectivity index (χ1) is 14.6. The standard InChI is InChI=1S/C25H43N3O2/c1-25(20-13-7-3-2-4-8-14-20)23(29)28(24(30)26-25)19-27(21-15-9-5-10-16-21)22-17-11-6-12-18-22/h20-22H,2-19H2,1H3,(H,26,30). The Balaban J connectivity index is 1.49. The number of carbonyl (C=O) groups is 2. The molecule has 0 radical (unpaired) electrons. The van der Waals surface area contributed by atoms with E-state index in [1.165, 1.54) is 96.3 Å². The Labute approximate surface area is 183 Å². The number of hydrogen-bond donors (Lipinski definition) is 1. The van der Waals surface area contributed by atoms with E-state index in [9.17, 15) is 9.59 Å². The number of rotatable bonds is 5. The van der Waals surface area contributed by atoms with Crippen LogP contribution in [0, 0.1) is 5.92 Å². The predicted octanol–water partition coefficient (Wildman–Crippen LogP) is 5.58. The van der Waals surface area contributed by atoms with Crippen LogP contribution >= 0.6 is 0 Å². The average molecular weight is 418 g/mol. The van der Waals surface area contributed by atoms with Crippen LogP contribution in [0.5, 0.6) is 0 Å². The first-order valence-electron chi connectivity index (χ1n) is 13.0. The van der Waals surface area contributed by atoms with Gasteiger partial charge in [-0.15, -0.1) is 0 Å². The van der Waals surface area contributed by atoms with Gasteiger partial charge in [0, 0.05) is 12.1 Å². The smallest absolute Gasteiger partial charge is 0.323 e. The Bertz CT molecular complexity index is 571. The molecule has 5 heteroatoms. The van der Waals surface area contributed by atoms with Crippen LogP contribution in [0.2, 0.25) is 0 Å². The molecule has 1 aliphatic heterocycles. The molecule has 1 heterocycles. The molecule has 1 N–H and O–H groups in total. The van der Waals surface area contributed by atoms with E-state index in [0.717, 1.165) is 12.8 Å². The van der Waals surface area contributed by atoms with E-state index >= 15 is 0 Å². The van der Waals surface area contributed by atoms with Gasteiger partial charge in [-0.1, -0.05) is 70.6 Å². The highest BCUT2D eigenvalue weighted by Crippen LogP contribution is 2.36. The largest absolute Gasteiger partial charge is 0.326 e. The second-order valence-electron chi connectivity index (χ2n) is 10.6. The van der Waals surface area contributed by atoms with Crippen molar-refractivity contribution in [1.29, 1.82) is 0 Å². The van der Waals surface area contributed by atoms with Crippen molar-refractivity contribution in [2.75, 3.05) is 6.67 Å². The van der Waals surface area contributed by atoms with Crippen LogP contribution in [0.25, 0.3) is 0 Å². The fourth-order valence-electron chi connectivity index (χ4n) is 6.67. The van der Waals surface area contributed by atoms with Gasteiger partial charge >= 0.3 is 6.03 Å². The normalized spacial score (nSPS) is 31.1. The molecule has 5 nitrogen and oxygen atoms in total. The minimum atomic E-state index is -0.709. The molecule has 0 aromatic rings. The lowest BCUT2D eigenvalue weighted by molar-refractivity contribution is -0.135. The Kier molecular flexibility index (Phi) is 7.38. The third-order valence-electron chi connectivity index (χ3n) is 8.61. The van der Waals surface area contributed by atoms with Crippen LogP contribution in [0.15, 0.2) is 0 Å². The lowest BCUT2D eigenvalue weighted by Gasteiger charge is -2.43. The fourth-order valence-corrected chi connectivity index (χ4v) is 6.67. The number of nitrogens with zero attached hydrogens (tertiary/aromatic N) is 2. The van der Waals surface area contributed by atoms with Gasteiger partial charge in [-0.25, -0.2) is 9.69 Å². The van der Waals surface area contributed by atoms with Gasteiger partial charge in [0.15, 0.2) is 0 Å². The predicted molar refractivity (Wildman–Crippen MR) is 120 cm³/mol. The molecule has 1 atom stereocenters. The number of nitrogens with one attached hydrogen (secondary N) is 1. The summed E-state index contributed by atoms with van der Waals surface area (Å²) < 4.78 is 0. The van der Waals surface area contributed by atoms with Crippen LogP contribution in [0.4, 0.5) is 4.79 Å². The zero-order valence-electron chi connectivity index (χ0n) is 19.2. The SMILES string of the molecule is CC1(C2CCCCCCC2)NC(=O)N(CN(C2CCCCC2)C2CCCCC2)C1=O. The van der Waals surface area contributed by atoms with Gasteiger partial charge in [0.1, 0.15) is 5.54 Å². The Hall–Kier alpha value is -1.10. The molecule has 0 aromatic heterocycles. The van der Waals surface area contributed by atoms with E-state index in [1.54, 1.807) is 4.90 Å². The lowest BCUT2D eigenvalue weighted by atomic mass is 9.77. The zero-order valence-corrected chi connectivity index (χ0v) is 19.2. The Morgan fingerprint density at radius 2 is 1.20 bits per heavy atom. The summed E-state index contributed by atoms with van der Waals surface area (Å²) in [5.41, 5.74) is -0.709. The third kappa shape index (κ3) is 4.71. The molecule has 170 valence electrons. The van der Waals surface area contributed by atoms with Crippen LogP contribution in [-0.4, -0.2) is 46.0 Å². The van der Waals surface area contributed by atoms with Gasteiger partial charge in [-0.05, 0) is 51.4 Å². The number of amides is 3. The maximum Gasteiger partial charge on any atom is 0.326 e. The van der Waals surface area contributed by atoms with Crippen LogP contribution in [0.3, 0.4) is 0 Å². The molecule has 4 aliphatic rings. The zero-order chi connectivity index (χ0) is 21.0. The summed E-state index contributed by atoms with van der Waals surface area (Å²) in [6, 6.07) is 0.924. The molecule has 4 fully saturated rings. The van der Waals surface area contributed by atoms with E-state index in [2.05, 4.69) is 10.2 Å². The molecule has 1 unspecified atom stereocenters. The van der Waals surface area contributed by atoms with Gasteiger partial charge in [-0.3, -0.25) is 9.69 Å². The second-order valence-corrected chi connectivity index (χ2v) is 10.6. The second kappa shape index (κ2) is 10.0. The highest BCUT2D eigenvalue weighted by molar-refractivity contribution is 6.07. The van der Waals surface area contributed by atoms with Crippen molar-refractivity contribution in [2.45, 2.75) is 134 Å². The van der Waals surface area contributed by atoms with Crippen molar-refractivity contribution < 1.29 is 9.59 Å². The maximum absolute atomic E-state index is 13.7. The van der Waals surface area contributed by atoms with Crippen molar-refractivity contribution in [2.24, 2.45) is 5.92 Å².